The Balaban J connectivity index is 2.65. The summed E-state index contributed by atoms with van der Waals surface area (Å²) in [4.78, 5) is 22.9. The minimum absolute atomic E-state index is 0.0511. The molecule has 1 heterocycles. The Hall–Kier alpha value is -3.65. The van der Waals surface area contributed by atoms with Gasteiger partial charge in [0, 0.05) is 11.0 Å². The molecule has 0 aliphatic carbocycles. The van der Waals surface area contributed by atoms with Gasteiger partial charge >= 0.3 is 0 Å². The molecule has 0 saturated heterocycles. The highest BCUT2D eigenvalue weighted by Gasteiger charge is 2.22. The van der Waals surface area contributed by atoms with E-state index in [1.165, 1.54) is 18.4 Å². The van der Waals surface area contributed by atoms with Crippen LogP contribution in [0.5, 0.6) is 0 Å². The van der Waals surface area contributed by atoms with Crippen molar-refractivity contribution in [2.45, 2.75) is 0 Å². The normalized spacial score (nSPS) is 10.4. The summed E-state index contributed by atoms with van der Waals surface area (Å²) < 4.78 is 5.05. The zero-order chi connectivity index (χ0) is 16.1. The molecule has 0 spiro atoms. The number of non-ortho nitro benzene ring substituents is 1. The summed E-state index contributed by atoms with van der Waals surface area (Å²) in [5.41, 5.74) is 7.18. The molecule has 0 N–H and O–H groups in total. The molecule has 10 nitrogen and oxygen atoms in total. The van der Waals surface area contributed by atoms with Crippen LogP contribution >= 0.6 is 0 Å². The van der Waals surface area contributed by atoms with Crippen LogP contribution in [-0.4, -0.2) is 9.85 Å². The van der Waals surface area contributed by atoms with E-state index in [0.717, 1.165) is 12.1 Å². The average Bonchev–Trinajstić information content (AvgIpc) is 2.98. The first-order valence-electron chi connectivity index (χ1n) is 5.76. The lowest BCUT2D eigenvalue weighted by Crippen LogP contribution is -1.95. The second-order valence-electron chi connectivity index (χ2n) is 3.95. The van der Waals surface area contributed by atoms with E-state index in [1.807, 2.05) is 0 Å². The van der Waals surface area contributed by atoms with E-state index in [0.29, 0.717) is 5.76 Å². The van der Waals surface area contributed by atoms with Crippen molar-refractivity contribution in [1.29, 1.82) is 0 Å². The van der Waals surface area contributed by atoms with Crippen LogP contribution in [0.1, 0.15) is 11.3 Å². The highest BCUT2D eigenvalue weighted by atomic mass is 16.6. The van der Waals surface area contributed by atoms with Crippen molar-refractivity contribution < 1.29 is 14.3 Å². The Labute approximate surface area is 122 Å². The van der Waals surface area contributed by atoms with Crippen molar-refractivity contribution in [1.82, 2.24) is 0 Å². The molecule has 110 valence electrons. The zero-order valence-corrected chi connectivity index (χ0v) is 10.8. The Kier molecular flexibility index (Phi) is 4.16. The van der Waals surface area contributed by atoms with Crippen molar-refractivity contribution >= 4 is 29.2 Å². The van der Waals surface area contributed by atoms with Crippen LogP contribution in [0.15, 0.2) is 40.1 Å². The standard InChI is InChI=1S/C12H7N5O5/c13-15-14-11-6-8(16(18)19)7-12(17(20)21)10(11)4-3-9-2-1-5-22-9/h1-7H/b4-3+. The van der Waals surface area contributed by atoms with Gasteiger partial charge in [-0.3, -0.25) is 20.2 Å². The van der Waals surface area contributed by atoms with Crippen LogP contribution in [0.25, 0.3) is 22.6 Å². The molecule has 10 heteroatoms. The van der Waals surface area contributed by atoms with E-state index in [-0.39, 0.29) is 11.3 Å². The second-order valence-corrected chi connectivity index (χ2v) is 3.95. The fourth-order valence-corrected chi connectivity index (χ4v) is 1.72. The summed E-state index contributed by atoms with van der Waals surface area (Å²) >= 11 is 0. The van der Waals surface area contributed by atoms with Crippen molar-refractivity contribution in [2.24, 2.45) is 5.11 Å². The molecule has 1 aromatic carbocycles. The predicted octanol–water partition coefficient (Wildman–Crippen LogP) is 4.21. The van der Waals surface area contributed by atoms with Crippen LogP contribution < -0.4 is 0 Å². The first-order chi connectivity index (χ1) is 10.5. The molecule has 2 rings (SSSR count). The maximum Gasteiger partial charge on any atom is 0.283 e. The zero-order valence-electron chi connectivity index (χ0n) is 10.8. The molecule has 0 fully saturated rings. The summed E-state index contributed by atoms with van der Waals surface area (Å²) in [6.07, 6.45) is 4.13. The Bertz CT molecular complexity index is 782. The molecule has 22 heavy (non-hydrogen) atoms. The van der Waals surface area contributed by atoms with Gasteiger partial charge in [0.1, 0.15) is 5.76 Å². The molecule has 0 amide bonds. The Morgan fingerprint density at radius 3 is 2.55 bits per heavy atom. The number of furan rings is 1. The van der Waals surface area contributed by atoms with Crippen LogP contribution in [0.2, 0.25) is 0 Å². The van der Waals surface area contributed by atoms with Crippen LogP contribution in [0.4, 0.5) is 17.1 Å². The lowest BCUT2D eigenvalue weighted by atomic mass is 10.1. The Morgan fingerprint density at radius 1 is 1.23 bits per heavy atom. The minimum Gasteiger partial charge on any atom is -0.465 e. The largest absolute Gasteiger partial charge is 0.465 e. The van der Waals surface area contributed by atoms with Gasteiger partial charge < -0.3 is 4.42 Å². The number of nitro benzene ring substituents is 2. The average molecular weight is 301 g/mol. The van der Waals surface area contributed by atoms with E-state index in [4.69, 9.17) is 9.95 Å². The van der Waals surface area contributed by atoms with Crippen molar-refractivity contribution in [3.05, 3.63) is 72.5 Å². The monoisotopic (exact) mass is 301 g/mol. The molecular weight excluding hydrogens is 294 g/mol. The summed E-state index contributed by atoms with van der Waals surface area (Å²) in [6.45, 7) is 0. The fourth-order valence-electron chi connectivity index (χ4n) is 1.72. The molecule has 1 aromatic heterocycles. The highest BCUT2D eigenvalue weighted by Crippen LogP contribution is 2.35. The van der Waals surface area contributed by atoms with E-state index < -0.39 is 21.2 Å². The molecule has 0 radical (unpaired) electrons. The molecule has 2 aromatic rings. The van der Waals surface area contributed by atoms with Crippen molar-refractivity contribution in [3.63, 3.8) is 0 Å². The number of nitro groups is 2. The second kappa shape index (κ2) is 6.20. The predicted molar refractivity (Wildman–Crippen MR) is 76.2 cm³/mol. The SMILES string of the molecule is [N-]=[N+]=Nc1cc([N+](=O)[O-])cc([N+](=O)[O-])c1/C=C/c1ccco1. The first kappa shape index (κ1) is 14.8. The number of azide groups is 1. The maximum atomic E-state index is 11.1. The summed E-state index contributed by atoms with van der Waals surface area (Å²) in [6, 6.07) is 5.01. The van der Waals surface area contributed by atoms with Gasteiger partial charge in [-0.25, -0.2) is 0 Å². The first-order valence-corrected chi connectivity index (χ1v) is 5.76. The van der Waals surface area contributed by atoms with Crippen molar-refractivity contribution in [3.8, 4) is 0 Å². The van der Waals surface area contributed by atoms with Gasteiger partial charge in [-0.15, -0.1) is 0 Å². The maximum absolute atomic E-state index is 11.1. The molecule has 0 bridgehead atoms. The summed E-state index contributed by atoms with van der Waals surface area (Å²) in [7, 11) is 0. The third-order valence-corrected chi connectivity index (χ3v) is 2.64. The van der Waals surface area contributed by atoms with Gasteiger partial charge in [0.25, 0.3) is 11.4 Å². The van der Waals surface area contributed by atoms with Crippen LogP contribution in [0.3, 0.4) is 0 Å². The molecule has 0 unspecified atom stereocenters. The molecule has 0 saturated carbocycles. The quantitative estimate of drug-likeness (QED) is 0.266. The van der Waals surface area contributed by atoms with E-state index in [1.54, 1.807) is 12.1 Å². The summed E-state index contributed by atoms with van der Waals surface area (Å²) in [5, 5.41) is 25.2. The van der Waals surface area contributed by atoms with Gasteiger partial charge in [-0.2, -0.15) is 0 Å². The molecular formula is C12H7N5O5. The molecule has 0 aliphatic heterocycles. The minimum atomic E-state index is -0.802. The Morgan fingerprint density at radius 2 is 2.00 bits per heavy atom. The van der Waals surface area contributed by atoms with Gasteiger partial charge in [0.2, 0.25) is 0 Å². The van der Waals surface area contributed by atoms with E-state index in [9.17, 15) is 20.2 Å². The number of hydrogen-bond acceptors (Lipinski definition) is 6. The van der Waals surface area contributed by atoms with E-state index >= 15 is 0 Å². The fraction of sp³-hybridized carbons (Fsp3) is 0. The number of benzene rings is 1. The number of hydrogen-bond donors (Lipinski definition) is 0. The lowest BCUT2D eigenvalue weighted by Gasteiger charge is -2.02. The van der Waals surface area contributed by atoms with Crippen LogP contribution in [0, 0.1) is 20.2 Å². The van der Waals surface area contributed by atoms with Gasteiger partial charge in [0.05, 0.1) is 33.4 Å². The summed E-state index contributed by atoms with van der Waals surface area (Å²) in [5.74, 6) is 0.416. The third-order valence-electron chi connectivity index (χ3n) is 2.64. The van der Waals surface area contributed by atoms with Gasteiger partial charge in [-0.05, 0) is 29.8 Å². The molecule has 0 atom stereocenters. The van der Waals surface area contributed by atoms with Gasteiger partial charge in [0.15, 0.2) is 0 Å². The lowest BCUT2D eigenvalue weighted by molar-refractivity contribution is -0.394. The highest BCUT2D eigenvalue weighted by molar-refractivity contribution is 5.81. The van der Waals surface area contributed by atoms with Crippen LogP contribution in [-0.2, 0) is 0 Å². The van der Waals surface area contributed by atoms with Gasteiger partial charge in [-0.1, -0.05) is 5.11 Å². The topological polar surface area (TPSA) is 148 Å². The van der Waals surface area contributed by atoms with Crippen molar-refractivity contribution in [2.75, 3.05) is 0 Å². The number of rotatable bonds is 5. The molecule has 0 aliphatic rings. The third kappa shape index (κ3) is 3.08. The number of nitrogens with zero attached hydrogens (tertiary/aromatic N) is 5. The smallest absolute Gasteiger partial charge is 0.283 e. The van der Waals surface area contributed by atoms with E-state index in [2.05, 4.69) is 10.0 Å².